The highest BCUT2D eigenvalue weighted by atomic mass is 15.2. The van der Waals surface area contributed by atoms with E-state index in [4.69, 9.17) is 5.41 Å². The fourth-order valence-electron chi connectivity index (χ4n) is 0.575. The molecule has 0 aliphatic heterocycles. The molecule has 0 bridgehead atoms. The first kappa shape index (κ1) is 34.9. The number of imidazole rings is 1. The van der Waals surface area contributed by atoms with Gasteiger partial charge in [-0.15, -0.1) is 0 Å². The van der Waals surface area contributed by atoms with Crippen LogP contribution in [-0.2, 0) is 14.1 Å². The minimum absolute atomic E-state index is 0.917. The Morgan fingerprint density at radius 3 is 1.32 bits per heavy atom. The normalized spacial score (nSPS) is 8.48. The molecular weight excluding hydrogens is 314 g/mol. The zero-order valence-electron chi connectivity index (χ0n) is 19.7. The first-order chi connectivity index (χ1) is 11.2. The molecule has 0 amide bonds. The van der Waals surface area contributed by atoms with E-state index in [-0.39, 0.29) is 0 Å². The zero-order valence-corrected chi connectivity index (χ0v) is 19.7. The third-order valence-corrected chi connectivity index (χ3v) is 0.901. The number of aryl methyl sites for hydroxylation is 2. The topological polar surface area (TPSA) is 75.7 Å². The van der Waals surface area contributed by atoms with Crippen LogP contribution in [0.1, 0.15) is 13.8 Å². The van der Waals surface area contributed by atoms with Crippen molar-refractivity contribution in [1.29, 1.82) is 0 Å². The highest BCUT2D eigenvalue weighted by Gasteiger charge is 1.88. The van der Waals surface area contributed by atoms with Gasteiger partial charge in [-0.3, -0.25) is 5.41 Å². The molecule has 0 radical (unpaired) electrons. The molecule has 154 valence electrons. The molecule has 1 aromatic rings. The Kier molecular flexibility index (Phi) is 34.9. The van der Waals surface area contributed by atoms with E-state index in [0.717, 1.165) is 10.2 Å². The third-order valence-electron chi connectivity index (χ3n) is 0.901. The fourth-order valence-corrected chi connectivity index (χ4v) is 0.575. The highest BCUT2D eigenvalue weighted by molar-refractivity contribution is 5.72. The number of nitrogens with two attached hydrogens (primary N) is 2. The Hall–Kier alpha value is -1.28. The standard InChI is InChI=1S/C5H9N2.C4H12N.C3H9N.C3H7N.C2H7N.CH5N/c1-6-3-4-7(2)5-6;1-5(2,3)4;1-4(2)3;1-3(2)4;1-3-2;1-2/h3-5H,1-2H3;1-4H3;1-3H3;4H,1-2H3;3H,1-2H3;2H2,1H3/q2*+1;;;;/p+1. The molecule has 0 atom stereocenters. The molecular formula is C18H50N7+3. The molecule has 0 aliphatic rings. The van der Waals surface area contributed by atoms with Crippen LogP contribution in [0, 0.1) is 0 Å². The summed E-state index contributed by atoms with van der Waals surface area (Å²) in [6, 6.07) is 0. The summed E-state index contributed by atoms with van der Waals surface area (Å²) in [5.41, 5.74) is 5.42. The van der Waals surface area contributed by atoms with Gasteiger partial charge in [0.2, 0.25) is 6.33 Å². The first-order valence-electron chi connectivity index (χ1n) is 8.26. The first-order valence-corrected chi connectivity index (χ1v) is 8.26. The van der Waals surface area contributed by atoms with Gasteiger partial charge in [0.15, 0.2) is 0 Å². The minimum atomic E-state index is 0.917. The van der Waals surface area contributed by atoms with Gasteiger partial charge in [-0.1, -0.05) is 0 Å². The van der Waals surface area contributed by atoms with Gasteiger partial charge in [0.25, 0.3) is 0 Å². The lowest BCUT2D eigenvalue weighted by atomic mass is 10.5. The molecule has 5 N–H and O–H groups in total. The van der Waals surface area contributed by atoms with Crippen molar-refractivity contribution in [1.82, 2.24) is 14.8 Å². The van der Waals surface area contributed by atoms with Crippen molar-refractivity contribution < 1.29 is 14.5 Å². The molecule has 1 heterocycles. The van der Waals surface area contributed by atoms with E-state index in [0.29, 0.717) is 0 Å². The van der Waals surface area contributed by atoms with Crippen molar-refractivity contribution in [3.8, 4) is 0 Å². The SMILES string of the molecule is CC(C)=[NH2+].CN.CN(C)C.CNC.C[N+](C)(C)C.Cn1cc[n+](C)c1. The van der Waals surface area contributed by atoms with E-state index in [9.17, 15) is 0 Å². The lowest BCUT2D eigenvalue weighted by Crippen LogP contribution is -2.34. The molecule has 0 aliphatic carbocycles. The quantitative estimate of drug-likeness (QED) is 0.314. The average molecular weight is 365 g/mol. The molecule has 7 nitrogen and oxygen atoms in total. The zero-order chi connectivity index (χ0) is 21.6. The minimum Gasteiger partial charge on any atom is -0.333 e. The molecule has 0 spiro atoms. The van der Waals surface area contributed by atoms with Gasteiger partial charge in [-0.05, 0) is 42.3 Å². The number of quaternary nitrogens is 1. The van der Waals surface area contributed by atoms with Crippen LogP contribution in [0.15, 0.2) is 18.7 Å². The third kappa shape index (κ3) is 164. The van der Waals surface area contributed by atoms with E-state index < -0.39 is 0 Å². The number of hydrogen-bond donors (Lipinski definition) is 3. The van der Waals surface area contributed by atoms with E-state index in [1.54, 1.807) is 0 Å². The number of nitrogens with zero attached hydrogens (tertiary/aromatic N) is 4. The van der Waals surface area contributed by atoms with Gasteiger partial charge in [0, 0.05) is 13.8 Å². The van der Waals surface area contributed by atoms with Gasteiger partial charge >= 0.3 is 0 Å². The number of nitrogens with one attached hydrogen (secondary N) is 1. The molecule has 25 heavy (non-hydrogen) atoms. The molecule has 0 fully saturated rings. The van der Waals surface area contributed by atoms with E-state index in [1.807, 2.05) is 95.9 Å². The van der Waals surface area contributed by atoms with Crippen LogP contribution in [0.25, 0.3) is 0 Å². The Bertz CT molecular complexity index is 323. The predicted molar refractivity (Wildman–Crippen MR) is 114 cm³/mol. The van der Waals surface area contributed by atoms with Crippen LogP contribution >= 0.6 is 0 Å². The molecule has 0 aromatic carbocycles. The molecule has 0 saturated carbocycles. The van der Waals surface area contributed by atoms with Gasteiger partial charge in [-0.25, -0.2) is 9.13 Å². The van der Waals surface area contributed by atoms with Crippen molar-refractivity contribution in [3.63, 3.8) is 0 Å². The molecule has 1 aromatic heterocycles. The molecule has 7 heteroatoms. The Labute approximate surface area is 158 Å². The van der Waals surface area contributed by atoms with Crippen LogP contribution in [-0.4, -0.2) is 90.1 Å². The van der Waals surface area contributed by atoms with Crippen molar-refractivity contribution in [3.05, 3.63) is 18.7 Å². The summed E-state index contributed by atoms with van der Waals surface area (Å²) >= 11 is 0. The highest BCUT2D eigenvalue weighted by Crippen LogP contribution is 1.73. The predicted octanol–water partition coefficient (Wildman–Crippen LogP) is -1.01. The maximum Gasteiger partial charge on any atom is 0.243 e. The molecule has 1 rings (SSSR count). The largest absolute Gasteiger partial charge is 0.333 e. The molecule has 0 saturated heterocycles. The van der Waals surface area contributed by atoms with Crippen LogP contribution in [0.5, 0.6) is 0 Å². The van der Waals surface area contributed by atoms with E-state index in [1.165, 1.54) is 7.05 Å². The maximum atomic E-state index is 5.03. The van der Waals surface area contributed by atoms with Crippen molar-refractivity contribution in [2.75, 3.05) is 70.5 Å². The van der Waals surface area contributed by atoms with Crippen LogP contribution in [0.2, 0.25) is 0 Å². The van der Waals surface area contributed by atoms with Crippen LogP contribution in [0.3, 0.4) is 0 Å². The average Bonchev–Trinajstić information content (AvgIpc) is 2.73. The van der Waals surface area contributed by atoms with Crippen LogP contribution in [0.4, 0.5) is 0 Å². The second-order valence-electron chi connectivity index (χ2n) is 7.35. The number of aromatic nitrogens is 2. The number of hydrogen-bond acceptors (Lipinski definition) is 3. The lowest BCUT2D eigenvalue weighted by Gasteiger charge is -2.14. The Morgan fingerprint density at radius 2 is 1.28 bits per heavy atom. The van der Waals surface area contributed by atoms with Gasteiger partial charge in [-0.2, -0.15) is 0 Å². The summed E-state index contributed by atoms with van der Waals surface area (Å²) in [6.45, 7) is 3.72. The van der Waals surface area contributed by atoms with Crippen LogP contribution < -0.4 is 21.0 Å². The lowest BCUT2D eigenvalue weighted by molar-refractivity contribution is -0.849. The van der Waals surface area contributed by atoms with Gasteiger partial charge in [0.05, 0.1) is 42.3 Å². The second kappa shape index (κ2) is 25.0. The summed E-state index contributed by atoms with van der Waals surface area (Å²) in [6.07, 6.45) is 6.00. The summed E-state index contributed by atoms with van der Waals surface area (Å²) in [4.78, 5) is 2.00. The second-order valence-corrected chi connectivity index (χ2v) is 7.35. The van der Waals surface area contributed by atoms with Crippen molar-refractivity contribution >= 4 is 5.71 Å². The van der Waals surface area contributed by atoms with Crippen molar-refractivity contribution in [2.24, 2.45) is 19.8 Å². The fraction of sp³-hybridized carbons (Fsp3) is 0.778. The summed E-state index contributed by atoms with van der Waals surface area (Å²) in [5, 5.41) is 7.78. The monoisotopic (exact) mass is 364 g/mol. The molecule has 0 unspecified atom stereocenters. The van der Waals surface area contributed by atoms with Crippen molar-refractivity contribution in [2.45, 2.75) is 13.8 Å². The number of rotatable bonds is 0. The van der Waals surface area contributed by atoms with E-state index >= 15 is 0 Å². The maximum absolute atomic E-state index is 5.03. The summed E-state index contributed by atoms with van der Waals surface area (Å²) < 4.78 is 5.00. The smallest absolute Gasteiger partial charge is 0.243 e. The van der Waals surface area contributed by atoms with E-state index in [2.05, 4.69) is 39.2 Å². The Morgan fingerprint density at radius 1 is 1.08 bits per heavy atom. The summed E-state index contributed by atoms with van der Waals surface area (Å²) in [5.74, 6) is 0. The Balaban J connectivity index is -0.0000000673. The summed E-state index contributed by atoms with van der Waals surface area (Å²) in [7, 11) is 23.8. The van der Waals surface area contributed by atoms with Gasteiger partial charge in [0.1, 0.15) is 18.1 Å². The van der Waals surface area contributed by atoms with Gasteiger partial charge < -0.3 is 20.4 Å².